The zero-order valence-corrected chi connectivity index (χ0v) is 9.47. The Morgan fingerprint density at radius 1 is 0.643 bits per heavy atom. The molecule has 0 bridgehead atoms. The third-order valence-corrected chi connectivity index (χ3v) is 2.69. The van der Waals surface area contributed by atoms with Gasteiger partial charge < -0.3 is 19.3 Å². The average Bonchev–Trinajstić information content (AvgIpc) is 2.14. The lowest BCUT2D eigenvalue weighted by Crippen LogP contribution is -3.11. The van der Waals surface area contributed by atoms with Gasteiger partial charge in [-0.25, -0.2) is 0 Å². The van der Waals surface area contributed by atoms with Gasteiger partial charge in [0.2, 0.25) is 0 Å². The highest BCUT2D eigenvalue weighted by atomic mass is 16.5. The Kier molecular flexibility index (Phi) is 6.10. The fourth-order valence-corrected chi connectivity index (χ4v) is 1.44. The van der Waals surface area contributed by atoms with Gasteiger partial charge in [-0.3, -0.25) is 0 Å². The number of quaternary nitrogens is 2. The summed E-state index contributed by atoms with van der Waals surface area (Å²) < 4.78 is 11.1. The van der Waals surface area contributed by atoms with E-state index in [1.807, 2.05) is 0 Å². The molecule has 1 aliphatic rings. The molecule has 1 rings (SSSR count). The molecule has 0 radical (unpaired) electrons. The summed E-state index contributed by atoms with van der Waals surface area (Å²) in [4.78, 5) is 2.98. The Labute approximate surface area is 86.8 Å². The van der Waals surface area contributed by atoms with E-state index < -0.39 is 0 Å². The van der Waals surface area contributed by atoms with Crippen LogP contribution in [0.3, 0.4) is 0 Å². The molecular weight excluding hydrogens is 180 g/mol. The normalized spacial score (nSPS) is 33.0. The molecule has 4 nitrogen and oxygen atoms in total. The summed E-state index contributed by atoms with van der Waals surface area (Å²) in [5.41, 5.74) is 0. The van der Waals surface area contributed by atoms with Crippen molar-refractivity contribution in [2.75, 3.05) is 66.7 Å². The van der Waals surface area contributed by atoms with E-state index in [1.54, 1.807) is 0 Å². The van der Waals surface area contributed by atoms with Crippen LogP contribution in [-0.4, -0.2) is 66.7 Å². The van der Waals surface area contributed by atoms with Crippen molar-refractivity contribution >= 4 is 0 Å². The van der Waals surface area contributed by atoms with Gasteiger partial charge in [0.15, 0.2) is 0 Å². The quantitative estimate of drug-likeness (QED) is 0.442. The van der Waals surface area contributed by atoms with Crippen molar-refractivity contribution < 1.29 is 19.3 Å². The Balaban J connectivity index is 2.19. The maximum absolute atomic E-state index is 5.56. The number of likely N-dealkylation sites (N-methyl/N-ethyl adjacent to an activating group) is 2. The fourth-order valence-electron chi connectivity index (χ4n) is 1.44. The molecule has 0 saturated carbocycles. The highest BCUT2D eigenvalue weighted by Crippen LogP contribution is 1.72. The molecule has 2 N–H and O–H groups in total. The van der Waals surface area contributed by atoms with Crippen LogP contribution in [0.1, 0.15) is 0 Å². The third kappa shape index (κ3) is 5.54. The van der Waals surface area contributed by atoms with Crippen molar-refractivity contribution in [2.45, 2.75) is 0 Å². The molecule has 0 aromatic heterocycles. The lowest BCUT2D eigenvalue weighted by atomic mass is 10.5. The number of hydrogen-bond donors (Lipinski definition) is 2. The highest BCUT2D eigenvalue weighted by Gasteiger charge is 2.06. The molecule has 4 heteroatoms. The number of rotatable bonds is 0. The van der Waals surface area contributed by atoms with Crippen LogP contribution >= 0.6 is 0 Å². The van der Waals surface area contributed by atoms with Gasteiger partial charge in [0, 0.05) is 0 Å². The SMILES string of the molecule is C[NH+]1CCOCC[NH+](C)CCOCC1. The summed E-state index contributed by atoms with van der Waals surface area (Å²) >= 11 is 0. The van der Waals surface area contributed by atoms with Crippen LogP contribution in [0.5, 0.6) is 0 Å². The lowest BCUT2D eigenvalue weighted by Gasteiger charge is -2.18. The zero-order chi connectivity index (χ0) is 10.2. The monoisotopic (exact) mass is 204 g/mol. The molecule has 0 unspecified atom stereocenters. The molecule has 1 fully saturated rings. The molecule has 0 aromatic rings. The Morgan fingerprint density at radius 3 is 1.21 bits per heavy atom. The number of hydrogen-bond acceptors (Lipinski definition) is 2. The van der Waals surface area contributed by atoms with E-state index in [2.05, 4.69) is 14.1 Å². The van der Waals surface area contributed by atoms with E-state index in [0.717, 1.165) is 52.6 Å². The van der Waals surface area contributed by atoms with Crippen LogP contribution in [0.4, 0.5) is 0 Å². The molecular formula is C10H24N2O2+2. The predicted molar refractivity (Wildman–Crippen MR) is 54.9 cm³/mol. The molecule has 1 aliphatic heterocycles. The number of nitrogens with one attached hydrogen (secondary N) is 2. The van der Waals surface area contributed by atoms with Crippen LogP contribution in [0.15, 0.2) is 0 Å². The van der Waals surface area contributed by atoms with Crippen LogP contribution in [0.25, 0.3) is 0 Å². The lowest BCUT2D eigenvalue weighted by molar-refractivity contribution is -0.887. The molecule has 0 aromatic carbocycles. The minimum atomic E-state index is 0.874. The second kappa shape index (κ2) is 7.17. The largest absolute Gasteiger partial charge is 0.370 e. The van der Waals surface area contributed by atoms with E-state index in [9.17, 15) is 0 Å². The molecule has 0 atom stereocenters. The van der Waals surface area contributed by atoms with Crippen molar-refractivity contribution in [3.8, 4) is 0 Å². The van der Waals surface area contributed by atoms with Gasteiger partial charge in [0.1, 0.15) is 26.2 Å². The first-order valence-electron chi connectivity index (χ1n) is 5.57. The van der Waals surface area contributed by atoms with Crippen molar-refractivity contribution in [2.24, 2.45) is 0 Å². The third-order valence-electron chi connectivity index (χ3n) is 2.69. The van der Waals surface area contributed by atoms with Gasteiger partial charge in [0.25, 0.3) is 0 Å². The van der Waals surface area contributed by atoms with Crippen molar-refractivity contribution in [3.05, 3.63) is 0 Å². The average molecular weight is 204 g/mol. The minimum absolute atomic E-state index is 0.874. The van der Waals surface area contributed by atoms with Crippen LogP contribution < -0.4 is 9.80 Å². The minimum Gasteiger partial charge on any atom is -0.370 e. The van der Waals surface area contributed by atoms with Crippen molar-refractivity contribution in [1.82, 2.24) is 0 Å². The summed E-state index contributed by atoms with van der Waals surface area (Å²) in [6.45, 7) is 7.84. The van der Waals surface area contributed by atoms with Crippen LogP contribution in [-0.2, 0) is 9.47 Å². The molecule has 84 valence electrons. The molecule has 1 heterocycles. The first-order chi connectivity index (χ1) is 6.79. The topological polar surface area (TPSA) is 27.3 Å². The molecule has 0 aliphatic carbocycles. The molecule has 0 amide bonds. The predicted octanol–water partition coefficient (Wildman–Crippen LogP) is -2.94. The fraction of sp³-hybridized carbons (Fsp3) is 1.00. The smallest absolute Gasteiger partial charge is 0.101 e. The van der Waals surface area contributed by atoms with Gasteiger partial charge >= 0.3 is 0 Å². The van der Waals surface area contributed by atoms with Crippen LogP contribution in [0, 0.1) is 0 Å². The van der Waals surface area contributed by atoms with Gasteiger partial charge in [0.05, 0.1) is 40.5 Å². The Bertz CT molecular complexity index is 116. The first-order valence-corrected chi connectivity index (χ1v) is 5.57. The van der Waals surface area contributed by atoms with E-state index in [0.29, 0.717) is 0 Å². The summed E-state index contributed by atoms with van der Waals surface area (Å²) in [5, 5.41) is 0. The summed E-state index contributed by atoms with van der Waals surface area (Å²) in [6, 6.07) is 0. The molecule has 0 spiro atoms. The van der Waals surface area contributed by atoms with Crippen LogP contribution in [0.2, 0.25) is 0 Å². The maximum atomic E-state index is 5.56. The van der Waals surface area contributed by atoms with Gasteiger partial charge in [-0.05, 0) is 0 Å². The first kappa shape index (κ1) is 11.9. The second-order valence-corrected chi connectivity index (χ2v) is 4.14. The van der Waals surface area contributed by atoms with Crippen molar-refractivity contribution in [1.29, 1.82) is 0 Å². The van der Waals surface area contributed by atoms with E-state index in [1.165, 1.54) is 9.80 Å². The molecule has 1 saturated heterocycles. The summed E-state index contributed by atoms with van der Waals surface area (Å²) in [5.74, 6) is 0. The summed E-state index contributed by atoms with van der Waals surface area (Å²) in [6.07, 6.45) is 0. The molecule has 14 heavy (non-hydrogen) atoms. The summed E-state index contributed by atoms with van der Waals surface area (Å²) in [7, 11) is 4.38. The van der Waals surface area contributed by atoms with Crippen molar-refractivity contribution in [3.63, 3.8) is 0 Å². The van der Waals surface area contributed by atoms with Gasteiger partial charge in [-0.1, -0.05) is 0 Å². The van der Waals surface area contributed by atoms with E-state index in [4.69, 9.17) is 9.47 Å². The van der Waals surface area contributed by atoms with Gasteiger partial charge in [-0.15, -0.1) is 0 Å². The Morgan fingerprint density at radius 2 is 0.929 bits per heavy atom. The standard InChI is InChI=1S/C10H22N2O2/c1-11-3-7-13-9-5-12(2)6-10-14-8-4-11/h3-10H2,1-2H3/p+2. The zero-order valence-electron chi connectivity index (χ0n) is 9.47. The Hall–Kier alpha value is -0.160. The highest BCUT2D eigenvalue weighted by molar-refractivity contribution is 4.34. The van der Waals surface area contributed by atoms with E-state index >= 15 is 0 Å². The number of ether oxygens (including phenoxy) is 2. The van der Waals surface area contributed by atoms with E-state index in [-0.39, 0.29) is 0 Å². The second-order valence-electron chi connectivity index (χ2n) is 4.14. The maximum Gasteiger partial charge on any atom is 0.101 e. The van der Waals surface area contributed by atoms with Gasteiger partial charge in [-0.2, -0.15) is 0 Å².